The molecule has 0 spiro atoms. The van der Waals surface area contributed by atoms with Gasteiger partial charge in [0.05, 0.1) is 0 Å². The first-order chi connectivity index (χ1) is 15.6. The number of carbonyl (C=O) groups is 1. The minimum absolute atomic E-state index is 0.104. The van der Waals surface area contributed by atoms with Gasteiger partial charge in [0.1, 0.15) is 11.6 Å². The van der Waals surface area contributed by atoms with E-state index in [2.05, 4.69) is 29.9 Å². The molecule has 3 saturated heterocycles. The van der Waals surface area contributed by atoms with Gasteiger partial charge in [-0.2, -0.15) is 0 Å². The van der Waals surface area contributed by atoms with Gasteiger partial charge >= 0.3 is 0 Å². The molecule has 0 aliphatic carbocycles. The number of nitrogens with zero attached hydrogens (tertiary/aromatic N) is 5. The molecule has 3 atom stereocenters. The highest BCUT2D eigenvalue weighted by Crippen LogP contribution is 2.35. The summed E-state index contributed by atoms with van der Waals surface area (Å²) in [5.41, 5.74) is 1.14. The molecule has 1 amide bonds. The van der Waals surface area contributed by atoms with E-state index in [1.54, 1.807) is 23.9 Å². The molecule has 1 N–H and O–H groups in total. The summed E-state index contributed by atoms with van der Waals surface area (Å²) in [6.07, 6.45) is 3.75. The summed E-state index contributed by atoms with van der Waals surface area (Å²) in [7, 11) is 2.01. The maximum atomic E-state index is 13.3. The summed E-state index contributed by atoms with van der Waals surface area (Å²) >= 11 is 1.75. The molecule has 172 valence electrons. The third-order valence-electron chi connectivity index (χ3n) is 7.11. The summed E-state index contributed by atoms with van der Waals surface area (Å²) in [5, 5.41) is 12.6. The van der Waals surface area contributed by atoms with E-state index in [0.717, 1.165) is 68.0 Å². The standard InChI is InChI=1S/C23H31FN6OS/c1-28-22(16-7-9-25-21(31)13-16)26-27-23(28)32-12-2-10-29-14-17-8-11-30(20(17)15-29)19-5-3-18(24)4-6-19/h3-6,16-17,20H,2,7-15H2,1H3,(H,25,31)/t16?,17-,20+/m0/s1. The van der Waals surface area contributed by atoms with Gasteiger partial charge in [0.2, 0.25) is 5.91 Å². The zero-order valence-corrected chi connectivity index (χ0v) is 19.4. The van der Waals surface area contributed by atoms with Crippen molar-refractivity contribution in [2.75, 3.05) is 43.4 Å². The van der Waals surface area contributed by atoms with Crippen LogP contribution in [0.4, 0.5) is 10.1 Å². The summed E-state index contributed by atoms with van der Waals surface area (Å²) in [4.78, 5) is 16.7. The first-order valence-corrected chi connectivity index (χ1v) is 12.6. The molecular formula is C23H31FN6OS. The highest BCUT2D eigenvalue weighted by Gasteiger charge is 2.41. The Labute approximate surface area is 192 Å². The zero-order valence-electron chi connectivity index (χ0n) is 18.5. The Morgan fingerprint density at radius 1 is 1.19 bits per heavy atom. The van der Waals surface area contributed by atoms with Gasteiger partial charge in [0.25, 0.3) is 0 Å². The van der Waals surface area contributed by atoms with Crippen LogP contribution < -0.4 is 10.2 Å². The highest BCUT2D eigenvalue weighted by atomic mass is 32.2. The molecule has 4 heterocycles. The molecule has 0 radical (unpaired) electrons. The van der Waals surface area contributed by atoms with Gasteiger partial charge in [0.15, 0.2) is 5.16 Å². The number of hydrogen-bond acceptors (Lipinski definition) is 6. The number of thioether (sulfide) groups is 1. The number of anilines is 1. The van der Waals surface area contributed by atoms with Gasteiger partial charge in [-0.1, -0.05) is 11.8 Å². The lowest BCUT2D eigenvalue weighted by molar-refractivity contribution is -0.122. The lowest BCUT2D eigenvalue weighted by Gasteiger charge is -2.27. The summed E-state index contributed by atoms with van der Waals surface area (Å²) in [6, 6.07) is 7.49. The summed E-state index contributed by atoms with van der Waals surface area (Å²) in [5.74, 6) is 2.74. The van der Waals surface area contributed by atoms with Crippen LogP contribution in [0, 0.1) is 11.7 Å². The average molecular weight is 459 g/mol. The van der Waals surface area contributed by atoms with E-state index in [4.69, 9.17) is 0 Å². The fourth-order valence-electron chi connectivity index (χ4n) is 5.45. The van der Waals surface area contributed by atoms with Gasteiger partial charge in [-0.25, -0.2) is 4.39 Å². The number of hydrogen-bond donors (Lipinski definition) is 1. The van der Waals surface area contributed by atoms with Crippen LogP contribution in [0.1, 0.15) is 37.4 Å². The van der Waals surface area contributed by atoms with Gasteiger partial charge in [-0.05, 0) is 56.0 Å². The molecule has 0 saturated carbocycles. The second kappa shape index (κ2) is 9.39. The average Bonchev–Trinajstić information content (AvgIpc) is 3.46. The molecule has 3 aliphatic heterocycles. The van der Waals surface area contributed by atoms with Crippen molar-refractivity contribution in [2.45, 2.75) is 42.8 Å². The van der Waals surface area contributed by atoms with Crippen molar-refractivity contribution in [2.24, 2.45) is 13.0 Å². The van der Waals surface area contributed by atoms with E-state index in [1.807, 2.05) is 19.2 Å². The van der Waals surface area contributed by atoms with Crippen LogP contribution in [-0.4, -0.2) is 70.1 Å². The molecule has 5 rings (SSSR count). The molecular weight excluding hydrogens is 427 g/mol. The first kappa shape index (κ1) is 21.7. The third kappa shape index (κ3) is 4.50. The number of amides is 1. The number of carbonyl (C=O) groups excluding carboxylic acids is 1. The molecule has 1 aromatic carbocycles. The van der Waals surface area contributed by atoms with Gasteiger partial charge in [-0.15, -0.1) is 10.2 Å². The number of nitrogens with one attached hydrogen (secondary N) is 1. The van der Waals surface area contributed by atoms with Gasteiger partial charge in [0, 0.05) is 63.0 Å². The first-order valence-electron chi connectivity index (χ1n) is 11.6. The van der Waals surface area contributed by atoms with Crippen LogP contribution in [-0.2, 0) is 11.8 Å². The van der Waals surface area contributed by atoms with Crippen molar-refractivity contribution in [3.8, 4) is 0 Å². The molecule has 32 heavy (non-hydrogen) atoms. The van der Waals surface area contributed by atoms with E-state index in [-0.39, 0.29) is 17.6 Å². The molecule has 3 fully saturated rings. The van der Waals surface area contributed by atoms with Crippen LogP contribution in [0.5, 0.6) is 0 Å². The third-order valence-corrected chi connectivity index (χ3v) is 8.22. The number of likely N-dealkylation sites (tertiary alicyclic amines) is 1. The van der Waals surface area contributed by atoms with E-state index >= 15 is 0 Å². The smallest absolute Gasteiger partial charge is 0.220 e. The predicted octanol–water partition coefficient (Wildman–Crippen LogP) is 2.64. The number of halogens is 1. The lowest BCUT2D eigenvalue weighted by atomic mass is 9.97. The number of aromatic nitrogens is 3. The Bertz CT molecular complexity index is 950. The van der Waals surface area contributed by atoms with Crippen molar-refractivity contribution < 1.29 is 9.18 Å². The molecule has 0 bridgehead atoms. The zero-order chi connectivity index (χ0) is 22.1. The predicted molar refractivity (Wildman–Crippen MR) is 123 cm³/mol. The van der Waals surface area contributed by atoms with E-state index in [1.165, 1.54) is 6.42 Å². The minimum atomic E-state index is -0.172. The number of benzene rings is 1. The topological polar surface area (TPSA) is 66.3 Å². The highest BCUT2D eigenvalue weighted by molar-refractivity contribution is 7.99. The van der Waals surface area contributed by atoms with Crippen LogP contribution >= 0.6 is 11.8 Å². The fourth-order valence-corrected chi connectivity index (χ4v) is 6.29. The monoisotopic (exact) mass is 458 g/mol. The normalized spacial score (nSPS) is 25.9. The Balaban J connectivity index is 1.09. The Hall–Kier alpha value is -2.13. The van der Waals surface area contributed by atoms with Crippen molar-refractivity contribution in [1.82, 2.24) is 25.0 Å². The molecule has 1 aromatic heterocycles. The van der Waals surface area contributed by atoms with E-state index in [9.17, 15) is 9.18 Å². The Morgan fingerprint density at radius 2 is 2.03 bits per heavy atom. The van der Waals surface area contributed by atoms with Crippen molar-refractivity contribution in [1.29, 1.82) is 0 Å². The van der Waals surface area contributed by atoms with E-state index in [0.29, 0.717) is 18.4 Å². The Morgan fingerprint density at radius 3 is 2.84 bits per heavy atom. The lowest BCUT2D eigenvalue weighted by Crippen LogP contribution is -2.35. The van der Waals surface area contributed by atoms with Crippen LogP contribution in [0.15, 0.2) is 29.4 Å². The van der Waals surface area contributed by atoms with Crippen molar-refractivity contribution in [3.63, 3.8) is 0 Å². The second-order valence-electron chi connectivity index (χ2n) is 9.19. The maximum absolute atomic E-state index is 13.3. The number of rotatable bonds is 7. The van der Waals surface area contributed by atoms with Crippen LogP contribution in [0.3, 0.4) is 0 Å². The van der Waals surface area contributed by atoms with Crippen LogP contribution in [0.2, 0.25) is 0 Å². The summed E-state index contributed by atoms with van der Waals surface area (Å²) in [6.45, 7) is 5.12. The molecule has 7 nitrogen and oxygen atoms in total. The maximum Gasteiger partial charge on any atom is 0.220 e. The molecule has 2 aromatic rings. The largest absolute Gasteiger partial charge is 0.367 e. The van der Waals surface area contributed by atoms with Gasteiger partial charge in [-0.3, -0.25) is 4.79 Å². The van der Waals surface area contributed by atoms with E-state index < -0.39 is 0 Å². The van der Waals surface area contributed by atoms with Crippen molar-refractivity contribution in [3.05, 3.63) is 35.9 Å². The second-order valence-corrected chi connectivity index (χ2v) is 10.2. The number of fused-ring (bicyclic) bond motifs is 1. The Kier molecular flexibility index (Phi) is 6.37. The molecule has 3 aliphatic rings. The minimum Gasteiger partial charge on any atom is -0.367 e. The SMILES string of the molecule is Cn1c(SCCCN2C[C@@H]3CCN(c4ccc(F)cc4)[C@@H]3C2)nnc1C1CCNC(=O)C1. The molecule has 9 heteroatoms. The van der Waals surface area contributed by atoms with Crippen molar-refractivity contribution >= 4 is 23.4 Å². The van der Waals surface area contributed by atoms with Gasteiger partial charge < -0.3 is 19.7 Å². The quantitative estimate of drug-likeness (QED) is 0.508. The number of piperidine rings is 1. The van der Waals surface area contributed by atoms with Crippen LogP contribution in [0.25, 0.3) is 0 Å². The summed E-state index contributed by atoms with van der Waals surface area (Å²) < 4.78 is 15.3. The fraction of sp³-hybridized carbons (Fsp3) is 0.609. The molecule has 1 unspecified atom stereocenters.